The molecule has 0 unspecified atom stereocenters. The van der Waals surface area contributed by atoms with E-state index in [1.54, 1.807) is 0 Å². The molecular formula is C18H18F3N3O4. The van der Waals surface area contributed by atoms with Gasteiger partial charge in [-0.2, -0.15) is 18.3 Å². The summed E-state index contributed by atoms with van der Waals surface area (Å²) in [6.45, 7) is 2.59. The third-order valence-corrected chi connectivity index (χ3v) is 4.53. The lowest BCUT2D eigenvalue weighted by Gasteiger charge is -2.16. The molecule has 1 aromatic carbocycles. The van der Waals surface area contributed by atoms with Gasteiger partial charge < -0.3 is 15.2 Å². The molecule has 7 nitrogen and oxygen atoms in total. The Kier molecular flexibility index (Phi) is 5.16. The number of hydrogen-bond donors (Lipinski definition) is 2. The average molecular weight is 397 g/mol. The minimum absolute atomic E-state index is 0.0210. The van der Waals surface area contributed by atoms with E-state index in [9.17, 15) is 22.8 Å². The number of ether oxygens (including phenoxy) is 1. The average Bonchev–Trinajstić information content (AvgIpc) is 3.27. The predicted octanol–water partition coefficient (Wildman–Crippen LogP) is 3.34. The quantitative estimate of drug-likeness (QED) is 0.747. The number of aromatic nitrogens is 2. The second kappa shape index (κ2) is 7.27. The van der Waals surface area contributed by atoms with Gasteiger partial charge in [0.05, 0.1) is 23.9 Å². The maximum Gasteiger partial charge on any atom is 0.434 e. The van der Waals surface area contributed by atoms with Crippen LogP contribution >= 0.6 is 0 Å². The fourth-order valence-corrected chi connectivity index (χ4v) is 2.84. The Morgan fingerprint density at radius 3 is 2.64 bits per heavy atom. The molecule has 1 saturated carbocycles. The number of alkyl halides is 3. The van der Waals surface area contributed by atoms with Crippen molar-refractivity contribution in [2.24, 2.45) is 5.41 Å². The number of amides is 1. The lowest BCUT2D eigenvalue weighted by Crippen LogP contribution is -2.28. The van der Waals surface area contributed by atoms with E-state index in [0.29, 0.717) is 30.3 Å². The Morgan fingerprint density at radius 2 is 2.07 bits per heavy atom. The Hall–Kier alpha value is -2.88. The molecule has 0 aliphatic heterocycles. The summed E-state index contributed by atoms with van der Waals surface area (Å²) in [4.78, 5) is 23.6. The van der Waals surface area contributed by atoms with Crippen LogP contribution in [0.15, 0.2) is 30.5 Å². The van der Waals surface area contributed by atoms with Gasteiger partial charge in [0, 0.05) is 12.3 Å². The fraction of sp³-hybridized carbons (Fsp3) is 0.389. The van der Waals surface area contributed by atoms with E-state index in [2.05, 4.69) is 10.4 Å². The lowest BCUT2D eigenvalue weighted by molar-refractivity contribution is -0.143. The molecule has 0 saturated heterocycles. The summed E-state index contributed by atoms with van der Waals surface area (Å²) >= 11 is 0. The summed E-state index contributed by atoms with van der Waals surface area (Å²) in [7, 11) is 0. The number of carboxylic acids is 1. The fourth-order valence-electron chi connectivity index (χ4n) is 2.84. The number of carboxylic acid groups (broad SMARTS) is 1. The first-order valence-corrected chi connectivity index (χ1v) is 8.56. The monoisotopic (exact) mass is 397 g/mol. The van der Waals surface area contributed by atoms with E-state index in [4.69, 9.17) is 9.84 Å². The number of halogens is 3. The van der Waals surface area contributed by atoms with Crippen molar-refractivity contribution >= 4 is 17.6 Å². The molecule has 0 bridgehead atoms. The number of hydrogen-bond acceptors (Lipinski definition) is 4. The van der Waals surface area contributed by atoms with E-state index in [0.717, 1.165) is 0 Å². The molecule has 2 N–H and O–H groups in total. The first kappa shape index (κ1) is 19.9. The highest BCUT2D eigenvalue weighted by molar-refractivity contribution is 5.97. The van der Waals surface area contributed by atoms with Crippen molar-refractivity contribution in [3.63, 3.8) is 0 Å². The highest BCUT2D eigenvalue weighted by Crippen LogP contribution is 2.46. The number of anilines is 1. The van der Waals surface area contributed by atoms with Gasteiger partial charge >= 0.3 is 12.1 Å². The number of rotatable bonds is 7. The summed E-state index contributed by atoms with van der Waals surface area (Å²) < 4.78 is 46.0. The number of benzene rings is 1. The normalized spacial score (nSPS) is 15.3. The highest BCUT2D eigenvalue weighted by atomic mass is 19.4. The summed E-state index contributed by atoms with van der Waals surface area (Å²) in [5.74, 6) is -1.99. The van der Waals surface area contributed by atoms with Crippen LogP contribution in [0.2, 0.25) is 0 Å². The van der Waals surface area contributed by atoms with Crippen LogP contribution in [0.3, 0.4) is 0 Å². The van der Waals surface area contributed by atoms with Crippen molar-refractivity contribution < 1.29 is 32.6 Å². The number of aromatic carboxylic acids is 1. The molecule has 3 rings (SSSR count). The summed E-state index contributed by atoms with van der Waals surface area (Å²) in [5, 5.41) is 15.3. The van der Waals surface area contributed by atoms with Crippen molar-refractivity contribution in [2.75, 3.05) is 18.5 Å². The van der Waals surface area contributed by atoms with Crippen LogP contribution in [0.4, 0.5) is 18.9 Å². The van der Waals surface area contributed by atoms with Gasteiger partial charge in [0.25, 0.3) is 0 Å². The van der Waals surface area contributed by atoms with Gasteiger partial charge in [-0.3, -0.25) is 4.79 Å². The van der Waals surface area contributed by atoms with Crippen LogP contribution in [0.5, 0.6) is 0 Å². The molecule has 28 heavy (non-hydrogen) atoms. The van der Waals surface area contributed by atoms with Gasteiger partial charge in [-0.1, -0.05) is 6.07 Å². The third-order valence-electron chi connectivity index (χ3n) is 4.53. The van der Waals surface area contributed by atoms with Crippen LogP contribution in [0.25, 0.3) is 5.69 Å². The molecular weight excluding hydrogens is 379 g/mol. The molecule has 1 aliphatic rings. The molecule has 1 aliphatic carbocycles. The Bertz CT molecular complexity index is 904. The minimum atomic E-state index is -4.92. The smallest absolute Gasteiger partial charge is 0.434 e. The number of carbonyl (C=O) groups is 2. The zero-order valence-corrected chi connectivity index (χ0v) is 14.9. The van der Waals surface area contributed by atoms with Crippen molar-refractivity contribution in [1.82, 2.24) is 9.78 Å². The van der Waals surface area contributed by atoms with E-state index in [-0.39, 0.29) is 23.9 Å². The van der Waals surface area contributed by atoms with Gasteiger partial charge in [-0.25, -0.2) is 9.48 Å². The molecule has 150 valence electrons. The molecule has 1 amide bonds. The maximum absolute atomic E-state index is 13.4. The second-order valence-electron chi connectivity index (χ2n) is 6.54. The molecule has 0 radical (unpaired) electrons. The van der Waals surface area contributed by atoms with Crippen LogP contribution < -0.4 is 5.32 Å². The third kappa shape index (κ3) is 3.86. The zero-order chi connectivity index (χ0) is 20.5. The largest absolute Gasteiger partial charge is 0.478 e. The summed E-state index contributed by atoms with van der Waals surface area (Å²) in [5.41, 5.74) is -2.68. The molecule has 0 atom stereocenters. The standard InChI is InChI=1S/C18H18F3N3O4/c1-2-28-10-17(6-7-17)16(27)23-11-4-3-5-12(8-11)24-14(18(19,20)21)13(9-22-24)15(25)26/h3-5,8-9H,2,6-7,10H2,1H3,(H,23,27)(H,25,26). The van der Waals surface area contributed by atoms with Crippen LogP contribution in [0, 0.1) is 5.41 Å². The molecule has 1 heterocycles. The number of nitrogens with one attached hydrogen (secondary N) is 1. The predicted molar refractivity (Wildman–Crippen MR) is 92.3 cm³/mol. The van der Waals surface area contributed by atoms with Crippen molar-refractivity contribution in [2.45, 2.75) is 25.9 Å². The first-order chi connectivity index (χ1) is 13.2. The number of nitrogens with zero attached hydrogens (tertiary/aromatic N) is 2. The first-order valence-electron chi connectivity index (χ1n) is 8.56. The van der Waals surface area contributed by atoms with E-state index in [1.165, 1.54) is 24.3 Å². The Morgan fingerprint density at radius 1 is 1.36 bits per heavy atom. The Balaban J connectivity index is 1.89. The topological polar surface area (TPSA) is 93.5 Å². The lowest BCUT2D eigenvalue weighted by atomic mass is 10.1. The molecule has 2 aromatic rings. The summed E-state index contributed by atoms with van der Waals surface area (Å²) in [6.07, 6.45) is -2.91. The van der Waals surface area contributed by atoms with Gasteiger partial charge in [0.15, 0.2) is 5.69 Å². The molecule has 1 aromatic heterocycles. The van der Waals surface area contributed by atoms with Crippen LogP contribution in [-0.4, -0.2) is 40.0 Å². The van der Waals surface area contributed by atoms with Gasteiger partial charge in [0.1, 0.15) is 5.56 Å². The van der Waals surface area contributed by atoms with Crippen molar-refractivity contribution in [3.05, 3.63) is 41.7 Å². The molecule has 0 spiro atoms. The zero-order valence-electron chi connectivity index (χ0n) is 14.9. The van der Waals surface area contributed by atoms with Crippen molar-refractivity contribution in [1.29, 1.82) is 0 Å². The minimum Gasteiger partial charge on any atom is -0.478 e. The Labute approximate surface area is 158 Å². The molecule has 10 heteroatoms. The van der Waals surface area contributed by atoms with E-state index >= 15 is 0 Å². The van der Waals surface area contributed by atoms with E-state index in [1.807, 2.05) is 6.92 Å². The SMILES string of the molecule is CCOCC1(C(=O)Nc2cccc(-n3ncc(C(=O)O)c3C(F)(F)F)c2)CC1. The van der Waals surface area contributed by atoms with Gasteiger partial charge in [0.2, 0.25) is 5.91 Å². The highest BCUT2D eigenvalue weighted by Gasteiger charge is 2.50. The van der Waals surface area contributed by atoms with E-state index < -0.39 is 28.8 Å². The van der Waals surface area contributed by atoms with Crippen LogP contribution in [0.1, 0.15) is 35.8 Å². The number of carbonyl (C=O) groups excluding carboxylic acids is 1. The maximum atomic E-state index is 13.4. The van der Waals surface area contributed by atoms with Crippen LogP contribution in [-0.2, 0) is 15.7 Å². The summed E-state index contributed by atoms with van der Waals surface area (Å²) in [6, 6.07) is 5.64. The second-order valence-corrected chi connectivity index (χ2v) is 6.54. The van der Waals surface area contributed by atoms with Gasteiger partial charge in [-0.15, -0.1) is 0 Å². The van der Waals surface area contributed by atoms with Gasteiger partial charge in [-0.05, 0) is 38.0 Å². The van der Waals surface area contributed by atoms with Crippen molar-refractivity contribution in [3.8, 4) is 5.69 Å². The molecule has 1 fully saturated rings.